The summed E-state index contributed by atoms with van der Waals surface area (Å²) in [6, 6.07) is 0. The summed E-state index contributed by atoms with van der Waals surface area (Å²) >= 11 is 0. The van der Waals surface area contributed by atoms with Gasteiger partial charge in [0.1, 0.15) is 0 Å². The zero-order valence-electron chi connectivity index (χ0n) is 8.01. The second kappa shape index (κ2) is 6.62. The fourth-order valence-corrected chi connectivity index (χ4v) is 0.980. The Morgan fingerprint density at radius 1 is 1.36 bits per heavy atom. The molecule has 0 aliphatic heterocycles. The molecule has 1 unspecified atom stereocenters. The van der Waals surface area contributed by atoms with Gasteiger partial charge in [0.15, 0.2) is 0 Å². The van der Waals surface area contributed by atoms with Crippen LogP contribution in [0.15, 0.2) is 0 Å². The lowest BCUT2D eigenvalue weighted by molar-refractivity contribution is 0.178. The van der Waals surface area contributed by atoms with Crippen molar-refractivity contribution >= 4 is 0 Å². The topological polar surface area (TPSA) is 23.5 Å². The number of unbranched alkanes of at least 4 members (excludes halogenated alkanes) is 1. The fourth-order valence-electron chi connectivity index (χ4n) is 0.980. The van der Waals surface area contributed by atoms with Gasteiger partial charge in [-0.15, -0.1) is 0 Å². The van der Waals surface area contributed by atoms with Crippen molar-refractivity contribution < 1.29 is 5.11 Å². The second-order valence-corrected chi connectivity index (χ2v) is 3.24. The number of rotatable bonds is 6. The molecule has 0 bridgehead atoms. The average Bonchev–Trinajstić information content (AvgIpc) is 1.97. The van der Waals surface area contributed by atoms with Crippen molar-refractivity contribution in [3.8, 4) is 0 Å². The summed E-state index contributed by atoms with van der Waals surface area (Å²) in [5.74, 6) is 0. The van der Waals surface area contributed by atoms with Crippen LogP contribution in [0.25, 0.3) is 0 Å². The fraction of sp³-hybridized carbons (Fsp3) is 1.00. The highest BCUT2D eigenvalue weighted by atomic mass is 16.3. The highest BCUT2D eigenvalue weighted by Crippen LogP contribution is 2.00. The van der Waals surface area contributed by atoms with Gasteiger partial charge in [0.2, 0.25) is 0 Å². The van der Waals surface area contributed by atoms with E-state index in [4.69, 9.17) is 5.11 Å². The predicted molar refractivity (Wildman–Crippen MR) is 48.7 cm³/mol. The SMILES string of the molecule is CCN(C)CCCCC(C)O. The molecule has 0 rings (SSSR count). The highest BCUT2D eigenvalue weighted by molar-refractivity contribution is 4.51. The summed E-state index contributed by atoms with van der Waals surface area (Å²) in [5, 5.41) is 8.96. The van der Waals surface area contributed by atoms with Gasteiger partial charge < -0.3 is 10.0 Å². The van der Waals surface area contributed by atoms with E-state index in [9.17, 15) is 0 Å². The van der Waals surface area contributed by atoms with Crippen LogP contribution in [-0.4, -0.2) is 36.2 Å². The largest absolute Gasteiger partial charge is 0.393 e. The Morgan fingerprint density at radius 2 is 2.00 bits per heavy atom. The minimum absolute atomic E-state index is 0.123. The van der Waals surface area contributed by atoms with Crippen molar-refractivity contribution in [2.75, 3.05) is 20.1 Å². The zero-order valence-corrected chi connectivity index (χ0v) is 8.01. The van der Waals surface area contributed by atoms with Gasteiger partial charge in [-0.25, -0.2) is 0 Å². The molecule has 0 fully saturated rings. The van der Waals surface area contributed by atoms with E-state index in [2.05, 4.69) is 18.9 Å². The van der Waals surface area contributed by atoms with Crippen molar-refractivity contribution in [1.29, 1.82) is 0 Å². The molecule has 11 heavy (non-hydrogen) atoms. The Kier molecular flexibility index (Phi) is 6.57. The van der Waals surface area contributed by atoms with Crippen LogP contribution in [0.5, 0.6) is 0 Å². The molecule has 0 aliphatic rings. The summed E-state index contributed by atoms with van der Waals surface area (Å²) in [4.78, 5) is 2.29. The highest BCUT2D eigenvalue weighted by Gasteiger charge is 1.96. The van der Waals surface area contributed by atoms with Gasteiger partial charge in [-0.05, 0) is 46.3 Å². The van der Waals surface area contributed by atoms with Crippen molar-refractivity contribution in [3.05, 3.63) is 0 Å². The van der Waals surface area contributed by atoms with Gasteiger partial charge in [-0.3, -0.25) is 0 Å². The third kappa shape index (κ3) is 7.82. The smallest absolute Gasteiger partial charge is 0.0512 e. The van der Waals surface area contributed by atoms with Gasteiger partial charge in [-0.1, -0.05) is 6.92 Å². The van der Waals surface area contributed by atoms with Crippen LogP contribution in [0.4, 0.5) is 0 Å². The van der Waals surface area contributed by atoms with Gasteiger partial charge in [0.05, 0.1) is 6.10 Å². The molecule has 0 saturated carbocycles. The van der Waals surface area contributed by atoms with Crippen LogP contribution in [0.1, 0.15) is 33.1 Å². The Bertz CT molecular complexity index is 83.6. The monoisotopic (exact) mass is 159 g/mol. The lowest BCUT2D eigenvalue weighted by Gasteiger charge is -2.13. The summed E-state index contributed by atoms with van der Waals surface area (Å²) in [6.07, 6.45) is 3.16. The van der Waals surface area contributed by atoms with E-state index in [1.165, 1.54) is 6.42 Å². The molecule has 0 aromatic rings. The first kappa shape index (κ1) is 10.9. The first-order chi connectivity index (χ1) is 5.16. The van der Waals surface area contributed by atoms with Crippen LogP contribution in [0.2, 0.25) is 0 Å². The molecule has 0 heterocycles. The third-order valence-electron chi connectivity index (χ3n) is 1.95. The Morgan fingerprint density at radius 3 is 2.45 bits per heavy atom. The maximum absolute atomic E-state index is 8.96. The lowest BCUT2D eigenvalue weighted by atomic mass is 10.2. The van der Waals surface area contributed by atoms with E-state index in [0.717, 1.165) is 25.9 Å². The molecule has 68 valence electrons. The molecule has 2 heteroatoms. The van der Waals surface area contributed by atoms with Crippen LogP contribution >= 0.6 is 0 Å². The van der Waals surface area contributed by atoms with Gasteiger partial charge >= 0.3 is 0 Å². The lowest BCUT2D eigenvalue weighted by Crippen LogP contribution is -2.18. The first-order valence-electron chi connectivity index (χ1n) is 4.53. The molecule has 0 radical (unpaired) electrons. The van der Waals surface area contributed by atoms with E-state index in [-0.39, 0.29) is 6.10 Å². The van der Waals surface area contributed by atoms with Crippen molar-refractivity contribution in [1.82, 2.24) is 4.90 Å². The molecule has 1 atom stereocenters. The van der Waals surface area contributed by atoms with E-state index < -0.39 is 0 Å². The quantitative estimate of drug-likeness (QED) is 0.593. The molecule has 0 saturated heterocycles. The number of nitrogens with zero attached hydrogens (tertiary/aromatic N) is 1. The Balaban J connectivity index is 3.01. The maximum atomic E-state index is 8.96. The van der Waals surface area contributed by atoms with Crippen molar-refractivity contribution in [2.45, 2.75) is 39.2 Å². The van der Waals surface area contributed by atoms with Gasteiger partial charge in [0.25, 0.3) is 0 Å². The minimum Gasteiger partial charge on any atom is -0.393 e. The number of aliphatic hydroxyl groups is 1. The molecular weight excluding hydrogens is 138 g/mol. The first-order valence-corrected chi connectivity index (χ1v) is 4.53. The van der Waals surface area contributed by atoms with Gasteiger partial charge in [0, 0.05) is 0 Å². The summed E-state index contributed by atoms with van der Waals surface area (Å²) in [5.41, 5.74) is 0. The zero-order chi connectivity index (χ0) is 8.69. The van der Waals surface area contributed by atoms with Crippen LogP contribution in [0, 0.1) is 0 Å². The molecule has 0 aromatic carbocycles. The summed E-state index contributed by atoms with van der Waals surface area (Å²) < 4.78 is 0. The minimum atomic E-state index is -0.123. The number of hydrogen-bond acceptors (Lipinski definition) is 2. The summed E-state index contributed by atoms with van der Waals surface area (Å²) in [7, 11) is 2.13. The average molecular weight is 159 g/mol. The van der Waals surface area contributed by atoms with Crippen molar-refractivity contribution in [3.63, 3.8) is 0 Å². The van der Waals surface area contributed by atoms with E-state index in [0.29, 0.717) is 0 Å². The number of hydrogen-bond donors (Lipinski definition) is 1. The molecule has 0 aromatic heterocycles. The Labute approximate surface area is 70.2 Å². The number of aliphatic hydroxyl groups excluding tert-OH is 1. The molecule has 1 N–H and O–H groups in total. The van der Waals surface area contributed by atoms with Crippen molar-refractivity contribution in [2.24, 2.45) is 0 Å². The molecule has 0 spiro atoms. The van der Waals surface area contributed by atoms with E-state index >= 15 is 0 Å². The predicted octanol–water partition coefficient (Wildman–Crippen LogP) is 1.49. The molecular formula is C9H21NO. The normalized spacial score (nSPS) is 13.9. The molecule has 0 amide bonds. The van der Waals surface area contributed by atoms with Crippen LogP contribution in [0.3, 0.4) is 0 Å². The maximum Gasteiger partial charge on any atom is 0.0512 e. The van der Waals surface area contributed by atoms with E-state index in [1.54, 1.807) is 0 Å². The van der Waals surface area contributed by atoms with Crippen LogP contribution in [-0.2, 0) is 0 Å². The van der Waals surface area contributed by atoms with Crippen LogP contribution < -0.4 is 0 Å². The molecule has 0 aliphatic carbocycles. The Hall–Kier alpha value is -0.0800. The molecule has 2 nitrogen and oxygen atoms in total. The van der Waals surface area contributed by atoms with E-state index in [1.807, 2.05) is 6.92 Å². The second-order valence-electron chi connectivity index (χ2n) is 3.24. The third-order valence-corrected chi connectivity index (χ3v) is 1.95. The summed E-state index contributed by atoms with van der Waals surface area (Å²) in [6.45, 7) is 6.29. The standard InChI is InChI=1S/C9H21NO/c1-4-10(3)8-6-5-7-9(2)11/h9,11H,4-8H2,1-3H3. The van der Waals surface area contributed by atoms with Gasteiger partial charge in [-0.2, -0.15) is 0 Å².